The van der Waals surface area contributed by atoms with Gasteiger partial charge in [0.25, 0.3) is 0 Å². The third-order valence-electron chi connectivity index (χ3n) is 3.98. The highest BCUT2D eigenvalue weighted by Gasteiger charge is 2.38. The Labute approximate surface area is 153 Å². The van der Waals surface area contributed by atoms with Crippen LogP contribution in [0.1, 0.15) is 21.5 Å². The quantitative estimate of drug-likeness (QED) is 0.761. The van der Waals surface area contributed by atoms with Gasteiger partial charge in [-0.1, -0.05) is 12.1 Å². The van der Waals surface area contributed by atoms with Gasteiger partial charge in [-0.05, 0) is 24.6 Å². The molecule has 0 unspecified atom stereocenters. The Morgan fingerprint density at radius 1 is 1.30 bits per heavy atom. The lowest BCUT2D eigenvalue weighted by Gasteiger charge is -2.23. The van der Waals surface area contributed by atoms with E-state index in [-0.39, 0.29) is 30.2 Å². The molecule has 0 aliphatic heterocycles. The van der Waals surface area contributed by atoms with Crippen molar-refractivity contribution in [3.63, 3.8) is 0 Å². The number of alkyl halides is 3. The number of likely N-dealkylation sites (N-methyl/N-ethyl adjacent to an activating group) is 1. The fraction of sp³-hybridized carbons (Fsp3) is 0.333. The molecule has 2 aromatic rings. The Hall–Kier alpha value is -2.68. The predicted molar refractivity (Wildman–Crippen MR) is 91.5 cm³/mol. The van der Waals surface area contributed by atoms with Crippen LogP contribution in [-0.4, -0.2) is 43.4 Å². The van der Waals surface area contributed by atoms with Crippen LogP contribution in [0.4, 0.5) is 23.4 Å². The number of hydrogen-bond acceptors (Lipinski definition) is 4. The van der Waals surface area contributed by atoms with Crippen molar-refractivity contribution in [2.75, 3.05) is 32.2 Å². The molecule has 9 heteroatoms. The van der Waals surface area contributed by atoms with Crippen molar-refractivity contribution in [3.05, 3.63) is 46.8 Å². The Balaban J connectivity index is 2.75. The van der Waals surface area contributed by atoms with Gasteiger partial charge in [0.1, 0.15) is 17.2 Å². The molecule has 0 aliphatic carbocycles. The number of aromatic nitrogens is 1. The van der Waals surface area contributed by atoms with Gasteiger partial charge in [0.15, 0.2) is 0 Å². The molecule has 0 fully saturated rings. The topological polar surface area (TPSA) is 62.7 Å². The zero-order valence-corrected chi connectivity index (χ0v) is 14.9. The van der Waals surface area contributed by atoms with E-state index in [9.17, 15) is 27.5 Å². The summed E-state index contributed by atoms with van der Waals surface area (Å²) >= 11 is 0. The number of aromatic carboxylic acids is 1. The molecule has 0 saturated carbocycles. The van der Waals surface area contributed by atoms with Gasteiger partial charge in [0.05, 0.1) is 17.9 Å². The number of carbonyl (C=O) groups is 1. The SMILES string of the molecule is COCCN(C)c1nc(-c2ccc(C)c(F)c2)cc(C(F)(F)F)c1C(=O)O. The minimum Gasteiger partial charge on any atom is -0.478 e. The number of pyridine rings is 1. The summed E-state index contributed by atoms with van der Waals surface area (Å²) in [6.45, 7) is 1.79. The molecule has 1 N–H and O–H groups in total. The number of benzene rings is 1. The number of rotatable bonds is 6. The number of halogens is 4. The molecule has 146 valence electrons. The van der Waals surface area contributed by atoms with Crippen molar-refractivity contribution in [2.45, 2.75) is 13.1 Å². The van der Waals surface area contributed by atoms with Crippen LogP contribution in [0.5, 0.6) is 0 Å². The van der Waals surface area contributed by atoms with Gasteiger partial charge in [-0.15, -0.1) is 0 Å². The highest BCUT2D eigenvalue weighted by atomic mass is 19.4. The van der Waals surface area contributed by atoms with Crippen LogP contribution in [0.2, 0.25) is 0 Å². The average molecular weight is 386 g/mol. The maximum Gasteiger partial charge on any atom is 0.417 e. The van der Waals surface area contributed by atoms with E-state index in [2.05, 4.69) is 4.98 Å². The van der Waals surface area contributed by atoms with Gasteiger partial charge < -0.3 is 14.7 Å². The maximum absolute atomic E-state index is 13.9. The van der Waals surface area contributed by atoms with Crippen LogP contribution < -0.4 is 4.90 Å². The zero-order chi connectivity index (χ0) is 20.4. The molecule has 0 bridgehead atoms. The van der Waals surface area contributed by atoms with Gasteiger partial charge in [0.2, 0.25) is 0 Å². The van der Waals surface area contributed by atoms with Gasteiger partial charge in [-0.25, -0.2) is 14.2 Å². The molecular formula is C18H18F4N2O3. The monoisotopic (exact) mass is 386 g/mol. The van der Waals surface area contributed by atoms with E-state index in [0.29, 0.717) is 11.6 Å². The summed E-state index contributed by atoms with van der Waals surface area (Å²) in [5.74, 6) is -2.72. The number of carboxylic acids is 1. The number of methoxy groups -OCH3 is 1. The molecule has 0 spiro atoms. The summed E-state index contributed by atoms with van der Waals surface area (Å²) in [4.78, 5) is 16.9. The fourth-order valence-corrected chi connectivity index (χ4v) is 2.48. The Bertz CT molecular complexity index is 853. The molecule has 0 amide bonds. The number of ether oxygens (including phenoxy) is 1. The molecule has 1 heterocycles. The minimum absolute atomic E-state index is 0.113. The van der Waals surface area contributed by atoms with Crippen molar-refractivity contribution in [1.29, 1.82) is 0 Å². The number of aryl methyl sites for hydroxylation is 1. The normalized spacial score (nSPS) is 11.5. The molecule has 0 aliphatic rings. The van der Waals surface area contributed by atoms with E-state index < -0.39 is 29.1 Å². The van der Waals surface area contributed by atoms with Gasteiger partial charge in [0, 0.05) is 26.3 Å². The first kappa shape index (κ1) is 20.6. The van der Waals surface area contributed by atoms with E-state index in [4.69, 9.17) is 4.74 Å². The average Bonchev–Trinajstić information content (AvgIpc) is 2.59. The number of carboxylic acid groups (broad SMARTS) is 1. The van der Waals surface area contributed by atoms with Crippen LogP contribution in [-0.2, 0) is 10.9 Å². The highest BCUT2D eigenvalue weighted by molar-refractivity contribution is 5.96. The maximum atomic E-state index is 13.9. The van der Waals surface area contributed by atoms with E-state index in [1.54, 1.807) is 0 Å². The van der Waals surface area contributed by atoms with Crippen LogP contribution in [0.15, 0.2) is 24.3 Å². The third-order valence-corrected chi connectivity index (χ3v) is 3.98. The molecule has 5 nitrogen and oxygen atoms in total. The number of hydrogen-bond donors (Lipinski definition) is 1. The molecule has 0 atom stereocenters. The summed E-state index contributed by atoms with van der Waals surface area (Å²) in [5.41, 5.74) is -2.04. The van der Waals surface area contributed by atoms with Crippen molar-refractivity contribution in [1.82, 2.24) is 4.98 Å². The van der Waals surface area contributed by atoms with Crippen LogP contribution in [0, 0.1) is 12.7 Å². The van der Waals surface area contributed by atoms with Crippen molar-refractivity contribution < 1.29 is 32.2 Å². The second-order valence-corrected chi connectivity index (χ2v) is 5.93. The highest BCUT2D eigenvalue weighted by Crippen LogP contribution is 2.38. The van der Waals surface area contributed by atoms with Crippen molar-refractivity contribution >= 4 is 11.8 Å². The molecule has 0 radical (unpaired) electrons. The first-order valence-electron chi connectivity index (χ1n) is 7.88. The van der Waals surface area contributed by atoms with Crippen molar-refractivity contribution in [2.24, 2.45) is 0 Å². The summed E-state index contributed by atoms with van der Waals surface area (Å²) in [6.07, 6.45) is -4.93. The molecule has 2 rings (SSSR count). The fourth-order valence-electron chi connectivity index (χ4n) is 2.48. The lowest BCUT2D eigenvalue weighted by atomic mass is 10.0. The molecule has 1 aromatic heterocycles. The molecular weight excluding hydrogens is 368 g/mol. The van der Waals surface area contributed by atoms with E-state index in [0.717, 1.165) is 6.07 Å². The second kappa shape index (κ2) is 7.91. The van der Waals surface area contributed by atoms with E-state index in [1.165, 1.54) is 38.1 Å². The largest absolute Gasteiger partial charge is 0.478 e. The summed E-state index contributed by atoms with van der Waals surface area (Å²) in [6, 6.07) is 4.54. The van der Waals surface area contributed by atoms with Gasteiger partial charge in [-0.2, -0.15) is 13.2 Å². The zero-order valence-electron chi connectivity index (χ0n) is 14.9. The van der Waals surface area contributed by atoms with E-state index >= 15 is 0 Å². The Morgan fingerprint density at radius 2 is 1.96 bits per heavy atom. The number of nitrogens with zero attached hydrogens (tertiary/aromatic N) is 2. The van der Waals surface area contributed by atoms with Gasteiger partial charge in [-0.3, -0.25) is 0 Å². The lowest BCUT2D eigenvalue weighted by molar-refractivity contribution is -0.138. The molecule has 1 aromatic carbocycles. The minimum atomic E-state index is -4.93. The smallest absolute Gasteiger partial charge is 0.417 e. The Kier molecular flexibility index (Phi) is 6.04. The van der Waals surface area contributed by atoms with Crippen molar-refractivity contribution in [3.8, 4) is 11.3 Å². The summed E-state index contributed by atoms with van der Waals surface area (Å²) in [5, 5.41) is 9.37. The van der Waals surface area contributed by atoms with Crippen LogP contribution in [0.25, 0.3) is 11.3 Å². The summed E-state index contributed by atoms with van der Waals surface area (Å²) < 4.78 is 59.4. The van der Waals surface area contributed by atoms with Gasteiger partial charge >= 0.3 is 12.1 Å². The predicted octanol–water partition coefficient (Wildman–Crippen LogP) is 4.00. The van der Waals surface area contributed by atoms with E-state index in [1.807, 2.05) is 0 Å². The lowest BCUT2D eigenvalue weighted by Crippen LogP contribution is -2.27. The third kappa shape index (κ3) is 4.54. The standard InChI is InChI=1S/C18H18F4N2O3/c1-10-4-5-11(8-13(10)19)14-9-12(18(20,21)22)15(17(25)26)16(23-14)24(2)6-7-27-3/h4-5,8-9H,6-7H2,1-3H3,(H,25,26). The number of anilines is 1. The summed E-state index contributed by atoms with van der Waals surface area (Å²) in [7, 11) is 2.82. The molecule has 0 saturated heterocycles. The Morgan fingerprint density at radius 3 is 2.48 bits per heavy atom. The first-order valence-corrected chi connectivity index (χ1v) is 7.88. The van der Waals surface area contributed by atoms with Crippen LogP contribution in [0.3, 0.4) is 0 Å². The first-order chi connectivity index (χ1) is 12.6. The second-order valence-electron chi connectivity index (χ2n) is 5.93. The molecule has 27 heavy (non-hydrogen) atoms. The van der Waals surface area contributed by atoms with Crippen LogP contribution >= 0.6 is 0 Å².